The summed E-state index contributed by atoms with van der Waals surface area (Å²) in [5.41, 5.74) is 6.79. The average Bonchev–Trinajstić information content (AvgIpc) is 3.13. The van der Waals surface area contributed by atoms with E-state index in [-0.39, 0.29) is 24.8 Å². The number of nitrogens with zero attached hydrogens (tertiary/aromatic N) is 4. The van der Waals surface area contributed by atoms with Gasteiger partial charge >= 0.3 is 7.60 Å². The lowest BCUT2D eigenvalue weighted by molar-refractivity contribution is -0.0559. The Labute approximate surface area is 136 Å². The summed E-state index contributed by atoms with van der Waals surface area (Å²) in [4.78, 5) is 30.3. The Kier molecular flexibility index (Phi) is 4.81. The van der Waals surface area contributed by atoms with E-state index < -0.39 is 20.0 Å². The number of aliphatic hydroxyl groups excluding tert-OH is 1. The monoisotopic (exact) mass is 359 g/mol. The van der Waals surface area contributed by atoms with Gasteiger partial charge in [0, 0.05) is 0 Å². The highest BCUT2D eigenvalue weighted by Gasteiger charge is 2.33. The molecule has 132 valence electrons. The summed E-state index contributed by atoms with van der Waals surface area (Å²) in [6.07, 6.45) is 3.51. The van der Waals surface area contributed by atoms with Gasteiger partial charge in [0.2, 0.25) is 0 Å². The molecule has 0 saturated carbocycles. The number of ether oxygens (including phenoxy) is 2. The summed E-state index contributed by atoms with van der Waals surface area (Å²) in [5.74, 6) is -1.26. The molecule has 0 aromatic carbocycles. The number of nitrogens with two attached hydrogens (primary N) is 1. The van der Waals surface area contributed by atoms with Gasteiger partial charge in [0.1, 0.15) is 18.1 Å². The van der Waals surface area contributed by atoms with Crippen LogP contribution in [0.15, 0.2) is 12.7 Å². The lowest BCUT2D eigenvalue weighted by atomic mass is 10.2. The number of imidazole rings is 1. The molecule has 3 rings (SSSR count). The maximum atomic E-state index is 11.1. The van der Waals surface area contributed by atoms with Crippen molar-refractivity contribution in [3.63, 3.8) is 0 Å². The highest BCUT2D eigenvalue weighted by molar-refractivity contribution is 7.52. The van der Waals surface area contributed by atoms with Gasteiger partial charge in [-0.3, -0.25) is 9.13 Å². The van der Waals surface area contributed by atoms with Crippen molar-refractivity contribution >= 4 is 24.6 Å². The van der Waals surface area contributed by atoms with Crippen LogP contribution in [-0.2, 0) is 14.0 Å². The van der Waals surface area contributed by atoms with Crippen LogP contribution in [0.5, 0.6) is 0 Å². The topological polar surface area (TPSA) is 166 Å². The summed E-state index contributed by atoms with van der Waals surface area (Å²) < 4.78 is 23.8. The SMILES string of the molecule is Nc1ncnc2c1ncn2[C@H]1CC[C@@H](CO[C@H](CO)P(=O)(O)O)O1. The summed E-state index contributed by atoms with van der Waals surface area (Å²) in [5, 5.41) is 8.99. The summed E-state index contributed by atoms with van der Waals surface area (Å²) in [6, 6.07) is 0. The number of hydrogen-bond donors (Lipinski definition) is 4. The fourth-order valence-corrected chi connectivity index (χ4v) is 3.06. The first-order chi connectivity index (χ1) is 11.4. The molecule has 0 bridgehead atoms. The third-order valence-electron chi connectivity index (χ3n) is 3.79. The van der Waals surface area contributed by atoms with Crippen molar-refractivity contribution in [2.75, 3.05) is 18.9 Å². The number of rotatable bonds is 6. The van der Waals surface area contributed by atoms with Crippen LogP contribution in [0.1, 0.15) is 19.1 Å². The first-order valence-electron chi connectivity index (χ1n) is 7.26. The summed E-state index contributed by atoms with van der Waals surface area (Å²) >= 11 is 0. The van der Waals surface area contributed by atoms with Gasteiger partial charge in [-0.05, 0) is 12.8 Å². The van der Waals surface area contributed by atoms with E-state index >= 15 is 0 Å². The molecular formula is C12H18N5O6P. The molecule has 0 aliphatic carbocycles. The van der Waals surface area contributed by atoms with Crippen LogP contribution in [0.4, 0.5) is 5.82 Å². The third kappa shape index (κ3) is 3.41. The van der Waals surface area contributed by atoms with E-state index in [1.807, 2.05) is 0 Å². The Morgan fingerprint density at radius 1 is 1.42 bits per heavy atom. The fourth-order valence-electron chi connectivity index (χ4n) is 2.57. The first-order valence-corrected chi connectivity index (χ1v) is 8.94. The second-order valence-corrected chi connectivity index (χ2v) is 7.19. The maximum absolute atomic E-state index is 11.1. The second kappa shape index (κ2) is 6.71. The Morgan fingerprint density at radius 3 is 2.92 bits per heavy atom. The molecule has 5 N–H and O–H groups in total. The van der Waals surface area contributed by atoms with Gasteiger partial charge in [-0.25, -0.2) is 15.0 Å². The van der Waals surface area contributed by atoms with E-state index in [1.54, 1.807) is 10.9 Å². The largest absolute Gasteiger partial charge is 0.393 e. The Bertz CT molecular complexity index is 763. The molecule has 1 aliphatic rings. The predicted octanol–water partition coefficient (Wildman–Crippen LogP) is -0.401. The molecule has 12 heteroatoms. The minimum absolute atomic E-state index is 0.0312. The zero-order valence-electron chi connectivity index (χ0n) is 12.6. The van der Waals surface area contributed by atoms with Crippen molar-refractivity contribution in [1.82, 2.24) is 19.5 Å². The third-order valence-corrected chi connectivity index (χ3v) is 4.85. The molecule has 0 unspecified atom stereocenters. The maximum Gasteiger partial charge on any atom is 0.356 e. The predicted molar refractivity (Wildman–Crippen MR) is 81.7 cm³/mol. The molecule has 3 heterocycles. The molecule has 11 nitrogen and oxygen atoms in total. The van der Waals surface area contributed by atoms with Gasteiger partial charge in [-0.15, -0.1) is 0 Å². The molecule has 1 aliphatic heterocycles. The molecular weight excluding hydrogens is 341 g/mol. The van der Waals surface area contributed by atoms with Crippen LogP contribution >= 0.6 is 7.60 Å². The molecule has 0 amide bonds. The average molecular weight is 359 g/mol. The standard InChI is InChI=1S/C12H18N5O6P/c13-11-10-12(15-5-14-11)17(6-16-10)8-2-1-7(23-8)4-22-9(3-18)24(19,20)21/h5-9,18H,1-4H2,(H2,13,14,15)(H2,19,20,21)/t7-,8+,9-/m0/s1. The van der Waals surface area contributed by atoms with Crippen LogP contribution in [0.3, 0.4) is 0 Å². The van der Waals surface area contributed by atoms with Gasteiger partial charge in [0.15, 0.2) is 17.3 Å². The van der Waals surface area contributed by atoms with E-state index in [1.165, 1.54) is 6.33 Å². The van der Waals surface area contributed by atoms with E-state index in [0.29, 0.717) is 24.0 Å². The zero-order chi connectivity index (χ0) is 17.3. The number of nitrogen functional groups attached to an aromatic ring is 1. The van der Waals surface area contributed by atoms with E-state index in [4.69, 9.17) is 30.1 Å². The van der Waals surface area contributed by atoms with Crippen molar-refractivity contribution in [3.8, 4) is 0 Å². The number of hydrogen-bond acceptors (Lipinski definition) is 8. The van der Waals surface area contributed by atoms with Crippen molar-refractivity contribution in [3.05, 3.63) is 12.7 Å². The molecule has 24 heavy (non-hydrogen) atoms. The molecule has 0 radical (unpaired) electrons. The molecule has 2 aromatic rings. The van der Waals surface area contributed by atoms with Crippen LogP contribution in [-0.4, -0.2) is 59.6 Å². The number of aliphatic hydroxyl groups is 1. The molecule has 1 saturated heterocycles. The molecule has 1 fully saturated rings. The van der Waals surface area contributed by atoms with Crippen molar-refractivity contribution in [1.29, 1.82) is 0 Å². The van der Waals surface area contributed by atoms with Crippen LogP contribution < -0.4 is 5.73 Å². The molecule has 2 aromatic heterocycles. The fraction of sp³-hybridized carbons (Fsp3) is 0.583. The van der Waals surface area contributed by atoms with E-state index in [2.05, 4.69) is 15.0 Å². The van der Waals surface area contributed by atoms with Crippen LogP contribution in [0.2, 0.25) is 0 Å². The van der Waals surface area contributed by atoms with Crippen LogP contribution in [0.25, 0.3) is 11.2 Å². The lowest BCUT2D eigenvalue weighted by Crippen LogP contribution is -2.24. The Balaban J connectivity index is 1.65. The van der Waals surface area contributed by atoms with Gasteiger partial charge in [0.05, 0.1) is 25.6 Å². The number of anilines is 1. The van der Waals surface area contributed by atoms with Gasteiger partial charge in [-0.1, -0.05) is 0 Å². The lowest BCUT2D eigenvalue weighted by Gasteiger charge is -2.20. The number of fused-ring (bicyclic) bond motifs is 1. The van der Waals surface area contributed by atoms with E-state index in [0.717, 1.165) is 0 Å². The minimum Gasteiger partial charge on any atom is -0.393 e. The Morgan fingerprint density at radius 2 is 2.21 bits per heavy atom. The zero-order valence-corrected chi connectivity index (χ0v) is 13.5. The van der Waals surface area contributed by atoms with E-state index in [9.17, 15) is 4.57 Å². The smallest absolute Gasteiger partial charge is 0.356 e. The highest BCUT2D eigenvalue weighted by Crippen LogP contribution is 2.42. The van der Waals surface area contributed by atoms with Crippen molar-refractivity contribution < 1.29 is 28.9 Å². The van der Waals surface area contributed by atoms with Crippen molar-refractivity contribution in [2.24, 2.45) is 0 Å². The van der Waals surface area contributed by atoms with Gasteiger partial charge in [-0.2, -0.15) is 0 Å². The van der Waals surface area contributed by atoms with Gasteiger partial charge in [0.25, 0.3) is 0 Å². The summed E-state index contributed by atoms with van der Waals surface area (Å²) in [6.45, 7) is -0.792. The molecule has 0 spiro atoms. The van der Waals surface area contributed by atoms with Crippen LogP contribution in [0, 0.1) is 0 Å². The minimum atomic E-state index is -4.51. The number of aromatic nitrogens is 4. The van der Waals surface area contributed by atoms with Gasteiger partial charge < -0.3 is 30.1 Å². The Hall–Kier alpha value is -1.62. The van der Waals surface area contributed by atoms with Crippen molar-refractivity contribution in [2.45, 2.75) is 31.0 Å². The first kappa shape index (κ1) is 17.2. The quantitative estimate of drug-likeness (QED) is 0.498. The summed E-state index contributed by atoms with van der Waals surface area (Å²) in [7, 11) is -4.51. The highest BCUT2D eigenvalue weighted by atomic mass is 31.2. The molecule has 3 atom stereocenters. The second-order valence-electron chi connectivity index (χ2n) is 5.43. The normalized spacial score (nSPS) is 23.0.